The summed E-state index contributed by atoms with van der Waals surface area (Å²) in [5, 5.41) is 32.4. The number of amides is 3. The van der Waals surface area contributed by atoms with Crippen molar-refractivity contribution in [1.29, 1.82) is 0 Å². The van der Waals surface area contributed by atoms with Crippen LogP contribution in [0.2, 0.25) is 0 Å². The highest BCUT2D eigenvalue weighted by molar-refractivity contribution is 7.98. The van der Waals surface area contributed by atoms with Crippen LogP contribution in [0.5, 0.6) is 0 Å². The van der Waals surface area contributed by atoms with Gasteiger partial charge in [0.15, 0.2) is 0 Å². The van der Waals surface area contributed by atoms with E-state index in [9.17, 15) is 34.2 Å². The molecular formula is C19H32N4O8S. The molecule has 13 heteroatoms. The van der Waals surface area contributed by atoms with Gasteiger partial charge in [0, 0.05) is 13.0 Å². The normalized spacial score (nSPS) is 19.5. The number of hydrogen-bond acceptors (Lipinski definition) is 8. The third kappa shape index (κ3) is 8.28. The molecule has 1 aliphatic heterocycles. The van der Waals surface area contributed by atoms with Crippen molar-refractivity contribution >= 4 is 41.4 Å². The largest absolute Gasteiger partial charge is 0.481 e. The summed E-state index contributed by atoms with van der Waals surface area (Å²) in [6.07, 6.45) is 1.05. The quantitative estimate of drug-likeness (QED) is 0.179. The van der Waals surface area contributed by atoms with Crippen molar-refractivity contribution in [2.24, 2.45) is 5.73 Å². The van der Waals surface area contributed by atoms with Crippen LogP contribution < -0.4 is 16.4 Å². The number of rotatable bonds is 13. The van der Waals surface area contributed by atoms with E-state index in [1.54, 1.807) is 11.8 Å². The predicted octanol–water partition coefficient (Wildman–Crippen LogP) is -1.64. The maximum absolute atomic E-state index is 12.8. The second kappa shape index (κ2) is 13.2. The third-order valence-electron chi connectivity index (χ3n) is 5.11. The summed E-state index contributed by atoms with van der Waals surface area (Å²) in [7, 11) is 0. The molecule has 0 saturated carbocycles. The van der Waals surface area contributed by atoms with Crippen molar-refractivity contribution in [3.8, 4) is 0 Å². The number of aliphatic hydroxyl groups excluding tert-OH is 1. The summed E-state index contributed by atoms with van der Waals surface area (Å²) < 4.78 is 0. The standard InChI is InChI=1S/C19H32N4O8S/c1-10(24)15(17(28)21-12(19(30)31)5-6-14(25)26)22-16(27)13-4-3-8-23(13)18(29)11(20)7-9-32-2/h10-13,15,24H,3-9,20H2,1-2H3,(H,21,28)(H,22,27)(H,25,26)(H,30,31). The Bertz CT molecular complexity index is 705. The number of thioether (sulfide) groups is 1. The summed E-state index contributed by atoms with van der Waals surface area (Å²) in [4.78, 5) is 61.4. The number of likely N-dealkylation sites (tertiary alicyclic amines) is 1. The molecule has 1 fully saturated rings. The first-order valence-electron chi connectivity index (χ1n) is 10.3. The van der Waals surface area contributed by atoms with Gasteiger partial charge >= 0.3 is 11.9 Å². The number of carboxylic acid groups (broad SMARTS) is 2. The second-order valence-corrected chi connectivity index (χ2v) is 8.62. The molecule has 5 atom stereocenters. The maximum atomic E-state index is 12.8. The molecule has 7 N–H and O–H groups in total. The minimum Gasteiger partial charge on any atom is -0.481 e. The zero-order chi connectivity index (χ0) is 24.4. The van der Waals surface area contributed by atoms with Crippen molar-refractivity contribution in [3.63, 3.8) is 0 Å². The van der Waals surface area contributed by atoms with Crippen molar-refractivity contribution in [1.82, 2.24) is 15.5 Å². The van der Waals surface area contributed by atoms with Crippen LogP contribution in [0.15, 0.2) is 0 Å². The van der Waals surface area contributed by atoms with Gasteiger partial charge in [0.25, 0.3) is 0 Å². The fourth-order valence-electron chi connectivity index (χ4n) is 3.33. The van der Waals surface area contributed by atoms with Gasteiger partial charge < -0.3 is 36.6 Å². The highest BCUT2D eigenvalue weighted by atomic mass is 32.2. The van der Waals surface area contributed by atoms with Gasteiger partial charge in [-0.1, -0.05) is 0 Å². The van der Waals surface area contributed by atoms with Gasteiger partial charge in [-0.15, -0.1) is 0 Å². The average Bonchev–Trinajstić information content (AvgIpc) is 3.21. The molecule has 3 amide bonds. The molecule has 0 spiro atoms. The molecule has 0 aromatic heterocycles. The van der Waals surface area contributed by atoms with E-state index >= 15 is 0 Å². The van der Waals surface area contributed by atoms with Crippen molar-refractivity contribution in [2.75, 3.05) is 18.6 Å². The number of hydrogen-bond donors (Lipinski definition) is 6. The summed E-state index contributed by atoms with van der Waals surface area (Å²) in [6, 6.07) is -4.61. The lowest BCUT2D eigenvalue weighted by atomic mass is 10.1. The Balaban J connectivity index is 2.84. The Kier molecular flexibility index (Phi) is 11.4. The predicted molar refractivity (Wildman–Crippen MR) is 116 cm³/mol. The van der Waals surface area contributed by atoms with Crippen LogP contribution in [-0.2, 0) is 24.0 Å². The molecule has 0 aromatic carbocycles. The van der Waals surface area contributed by atoms with Crippen LogP contribution in [0.4, 0.5) is 0 Å². The summed E-state index contributed by atoms with van der Waals surface area (Å²) in [5.41, 5.74) is 5.94. The number of nitrogens with zero attached hydrogens (tertiary/aromatic N) is 1. The molecule has 5 unspecified atom stereocenters. The smallest absolute Gasteiger partial charge is 0.326 e. The summed E-state index contributed by atoms with van der Waals surface area (Å²) >= 11 is 1.55. The highest BCUT2D eigenvalue weighted by Gasteiger charge is 2.38. The SMILES string of the molecule is CSCCC(N)C(=O)N1CCCC1C(=O)NC(C(=O)NC(CCC(=O)O)C(=O)O)C(C)O. The van der Waals surface area contributed by atoms with E-state index < -0.39 is 60.4 Å². The number of nitrogens with one attached hydrogen (secondary N) is 2. The van der Waals surface area contributed by atoms with Gasteiger partial charge in [0.2, 0.25) is 17.7 Å². The molecule has 1 saturated heterocycles. The van der Waals surface area contributed by atoms with Crippen molar-refractivity contribution in [2.45, 2.75) is 69.3 Å². The zero-order valence-electron chi connectivity index (χ0n) is 18.2. The van der Waals surface area contributed by atoms with Crippen LogP contribution in [-0.4, -0.2) is 98.7 Å². The lowest BCUT2D eigenvalue weighted by Gasteiger charge is -2.29. The molecule has 12 nitrogen and oxygen atoms in total. The Hall–Kier alpha value is -2.38. The van der Waals surface area contributed by atoms with E-state index in [1.807, 2.05) is 6.26 Å². The van der Waals surface area contributed by atoms with Crippen molar-refractivity contribution in [3.05, 3.63) is 0 Å². The van der Waals surface area contributed by atoms with E-state index in [-0.39, 0.29) is 12.3 Å². The Labute approximate surface area is 190 Å². The third-order valence-corrected chi connectivity index (χ3v) is 5.76. The fourth-order valence-corrected chi connectivity index (χ4v) is 3.82. The van der Waals surface area contributed by atoms with Crippen LogP contribution in [0.1, 0.15) is 39.0 Å². The van der Waals surface area contributed by atoms with Crippen LogP contribution in [0, 0.1) is 0 Å². The topological polar surface area (TPSA) is 199 Å². The molecule has 0 radical (unpaired) electrons. The van der Waals surface area contributed by atoms with Crippen LogP contribution in [0.25, 0.3) is 0 Å². The fraction of sp³-hybridized carbons (Fsp3) is 0.737. The lowest BCUT2D eigenvalue weighted by Crippen LogP contribution is -2.59. The number of aliphatic carboxylic acids is 2. The zero-order valence-corrected chi connectivity index (χ0v) is 19.0. The van der Waals surface area contributed by atoms with E-state index in [0.717, 1.165) is 0 Å². The van der Waals surface area contributed by atoms with E-state index in [2.05, 4.69) is 10.6 Å². The van der Waals surface area contributed by atoms with Gasteiger partial charge in [-0.3, -0.25) is 19.2 Å². The van der Waals surface area contributed by atoms with Gasteiger partial charge in [0.05, 0.1) is 12.1 Å². The van der Waals surface area contributed by atoms with E-state index in [4.69, 9.17) is 10.8 Å². The van der Waals surface area contributed by atoms with Crippen molar-refractivity contribution < 1.29 is 39.3 Å². The molecule has 1 rings (SSSR count). The first-order valence-corrected chi connectivity index (χ1v) is 11.7. The molecule has 1 aliphatic rings. The van der Waals surface area contributed by atoms with Gasteiger partial charge in [-0.25, -0.2) is 4.79 Å². The average molecular weight is 477 g/mol. The van der Waals surface area contributed by atoms with Crippen LogP contribution in [0.3, 0.4) is 0 Å². The number of nitrogens with two attached hydrogens (primary N) is 1. The van der Waals surface area contributed by atoms with E-state index in [0.29, 0.717) is 31.6 Å². The van der Waals surface area contributed by atoms with Gasteiger partial charge in [-0.05, 0) is 44.6 Å². The minimum absolute atomic E-state index is 0.339. The molecular weight excluding hydrogens is 444 g/mol. The van der Waals surface area contributed by atoms with Gasteiger partial charge in [-0.2, -0.15) is 11.8 Å². The van der Waals surface area contributed by atoms with Gasteiger partial charge in [0.1, 0.15) is 18.1 Å². The highest BCUT2D eigenvalue weighted by Crippen LogP contribution is 2.19. The molecule has 0 aliphatic carbocycles. The number of aliphatic hydroxyl groups is 1. The lowest BCUT2D eigenvalue weighted by molar-refractivity contribution is -0.144. The molecule has 1 heterocycles. The molecule has 0 aromatic rings. The van der Waals surface area contributed by atoms with Crippen LogP contribution >= 0.6 is 11.8 Å². The minimum atomic E-state index is -1.50. The molecule has 32 heavy (non-hydrogen) atoms. The summed E-state index contributed by atoms with van der Waals surface area (Å²) in [5.74, 6) is -3.98. The number of carboxylic acids is 2. The maximum Gasteiger partial charge on any atom is 0.326 e. The number of carbonyl (C=O) groups excluding carboxylic acids is 3. The first-order chi connectivity index (χ1) is 15.0. The first kappa shape index (κ1) is 27.7. The monoisotopic (exact) mass is 476 g/mol. The number of carbonyl (C=O) groups is 5. The Morgan fingerprint density at radius 3 is 2.34 bits per heavy atom. The second-order valence-electron chi connectivity index (χ2n) is 7.64. The molecule has 182 valence electrons. The van der Waals surface area contributed by atoms with E-state index in [1.165, 1.54) is 11.8 Å². The molecule has 0 bridgehead atoms. The Morgan fingerprint density at radius 2 is 1.81 bits per heavy atom. The Morgan fingerprint density at radius 1 is 1.16 bits per heavy atom. The summed E-state index contributed by atoms with van der Waals surface area (Å²) in [6.45, 7) is 1.58.